The number of anilines is 1. The Morgan fingerprint density at radius 1 is 1.59 bits per heavy atom. The number of nitro benzene ring substituents is 1. The molecule has 0 spiro atoms. The van der Waals surface area contributed by atoms with E-state index < -0.39 is 16.9 Å². The lowest BCUT2D eigenvalue weighted by Gasteiger charge is -2.09. The summed E-state index contributed by atoms with van der Waals surface area (Å²) in [6.45, 7) is 1.49. The summed E-state index contributed by atoms with van der Waals surface area (Å²) in [5, 5.41) is 13.2. The molecule has 1 atom stereocenters. The Morgan fingerprint density at radius 2 is 2.24 bits per heavy atom. The Hall–Kier alpha value is -2.15. The number of nitro groups is 1. The van der Waals surface area contributed by atoms with E-state index in [1.165, 1.54) is 32.2 Å². The van der Waals surface area contributed by atoms with Crippen LogP contribution < -0.4 is 15.8 Å². The van der Waals surface area contributed by atoms with Crippen LogP contribution in [0.3, 0.4) is 0 Å². The van der Waals surface area contributed by atoms with Gasteiger partial charge in [0.25, 0.3) is 5.69 Å². The molecule has 1 aromatic carbocycles. The molecule has 17 heavy (non-hydrogen) atoms. The van der Waals surface area contributed by atoms with E-state index in [9.17, 15) is 14.9 Å². The molecule has 7 heteroatoms. The number of benzene rings is 1. The molecule has 0 saturated heterocycles. The van der Waals surface area contributed by atoms with E-state index in [0.29, 0.717) is 5.75 Å². The Bertz CT molecular complexity index is 445. The number of rotatable bonds is 4. The minimum Gasteiger partial charge on any atom is -0.496 e. The molecule has 0 aliphatic rings. The Labute approximate surface area is 97.7 Å². The number of carbonyl (C=O) groups is 1. The number of nitrogens with zero attached hydrogens (tertiary/aromatic N) is 1. The Kier molecular flexibility index (Phi) is 4.00. The molecule has 3 N–H and O–H groups in total. The zero-order valence-corrected chi connectivity index (χ0v) is 9.47. The third kappa shape index (κ3) is 3.15. The van der Waals surface area contributed by atoms with Gasteiger partial charge >= 0.3 is 0 Å². The molecule has 0 saturated carbocycles. The smallest absolute Gasteiger partial charge is 0.296 e. The fourth-order valence-electron chi connectivity index (χ4n) is 1.14. The van der Waals surface area contributed by atoms with E-state index in [4.69, 9.17) is 10.5 Å². The average Bonchev–Trinajstić information content (AvgIpc) is 2.29. The third-order valence-electron chi connectivity index (χ3n) is 2.07. The number of hydrogen-bond donors (Lipinski definition) is 2. The van der Waals surface area contributed by atoms with Crippen LogP contribution in [-0.2, 0) is 4.79 Å². The highest BCUT2D eigenvalue weighted by molar-refractivity contribution is 5.96. The van der Waals surface area contributed by atoms with Gasteiger partial charge < -0.3 is 15.8 Å². The van der Waals surface area contributed by atoms with Crippen LogP contribution in [0, 0.1) is 10.1 Å². The minimum atomic E-state index is -0.739. The molecule has 92 valence electrons. The largest absolute Gasteiger partial charge is 0.496 e. The molecule has 1 unspecified atom stereocenters. The van der Waals surface area contributed by atoms with E-state index in [-0.39, 0.29) is 11.4 Å². The van der Waals surface area contributed by atoms with Gasteiger partial charge in [0.05, 0.1) is 24.1 Å². The fourth-order valence-corrected chi connectivity index (χ4v) is 1.14. The van der Waals surface area contributed by atoms with Gasteiger partial charge in [-0.2, -0.15) is 0 Å². The van der Waals surface area contributed by atoms with Crippen LogP contribution in [0.15, 0.2) is 18.2 Å². The summed E-state index contributed by atoms with van der Waals surface area (Å²) in [4.78, 5) is 21.6. The van der Waals surface area contributed by atoms with Crippen molar-refractivity contribution in [3.63, 3.8) is 0 Å². The number of carbonyl (C=O) groups excluding carboxylic acids is 1. The van der Waals surface area contributed by atoms with Gasteiger partial charge in [0, 0.05) is 0 Å². The van der Waals surface area contributed by atoms with Gasteiger partial charge in [-0.15, -0.1) is 0 Å². The molecule has 0 fully saturated rings. The molecule has 1 rings (SSSR count). The molecule has 1 amide bonds. The average molecular weight is 239 g/mol. The number of nitrogens with one attached hydrogen (secondary N) is 1. The summed E-state index contributed by atoms with van der Waals surface area (Å²) in [5.74, 6) is -0.145. The van der Waals surface area contributed by atoms with Crippen molar-refractivity contribution in [2.45, 2.75) is 13.0 Å². The zero-order valence-electron chi connectivity index (χ0n) is 9.47. The zero-order chi connectivity index (χ0) is 13.0. The standard InChI is InChI=1S/C10H13N3O4/c1-6(11)10(14)12-8-4-3-7(17-2)5-9(8)13(15)16/h3-6H,11H2,1-2H3,(H,12,14). The lowest BCUT2D eigenvalue weighted by molar-refractivity contribution is -0.384. The minimum absolute atomic E-state index is 0.0955. The molecule has 0 radical (unpaired) electrons. The fraction of sp³-hybridized carbons (Fsp3) is 0.300. The van der Waals surface area contributed by atoms with Gasteiger partial charge in [0.1, 0.15) is 11.4 Å². The number of amides is 1. The SMILES string of the molecule is COc1ccc(NC(=O)C(C)N)c([N+](=O)[O-])c1. The van der Waals surface area contributed by atoms with Crippen molar-refractivity contribution >= 4 is 17.3 Å². The summed E-state index contributed by atoms with van der Waals surface area (Å²) < 4.78 is 4.87. The van der Waals surface area contributed by atoms with Crippen molar-refractivity contribution in [2.24, 2.45) is 5.73 Å². The summed E-state index contributed by atoms with van der Waals surface area (Å²) in [6.07, 6.45) is 0. The van der Waals surface area contributed by atoms with Crippen molar-refractivity contribution < 1.29 is 14.5 Å². The maximum atomic E-state index is 11.4. The molecule has 0 aromatic heterocycles. The first kappa shape index (κ1) is 12.9. The van der Waals surface area contributed by atoms with E-state index >= 15 is 0 Å². The van der Waals surface area contributed by atoms with Crippen molar-refractivity contribution in [2.75, 3.05) is 12.4 Å². The topological polar surface area (TPSA) is 107 Å². The van der Waals surface area contributed by atoms with Crippen LogP contribution in [-0.4, -0.2) is 24.0 Å². The highest BCUT2D eigenvalue weighted by Gasteiger charge is 2.18. The maximum Gasteiger partial charge on any atom is 0.296 e. The van der Waals surface area contributed by atoms with Crippen LogP contribution in [0.5, 0.6) is 5.75 Å². The quantitative estimate of drug-likeness (QED) is 0.599. The van der Waals surface area contributed by atoms with E-state index in [1.807, 2.05) is 0 Å². The predicted molar refractivity (Wildman–Crippen MR) is 61.9 cm³/mol. The highest BCUT2D eigenvalue weighted by atomic mass is 16.6. The maximum absolute atomic E-state index is 11.4. The van der Waals surface area contributed by atoms with Crippen molar-refractivity contribution in [3.05, 3.63) is 28.3 Å². The number of nitrogens with two attached hydrogens (primary N) is 1. The van der Waals surface area contributed by atoms with Crippen molar-refractivity contribution in [1.82, 2.24) is 0 Å². The van der Waals surface area contributed by atoms with Gasteiger partial charge in [-0.3, -0.25) is 14.9 Å². The second kappa shape index (κ2) is 5.26. The van der Waals surface area contributed by atoms with Crippen LogP contribution in [0.2, 0.25) is 0 Å². The molecule has 0 heterocycles. The van der Waals surface area contributed by atoms with Crippen molar-refractivity contribution in [3.8, 4) is 5.75 Å². The number of ether oxygens (including phenoxy) is 1. The van der Waals surface area contributed by atoms with Gasteiger partial charge in [-0.05, 0) is 19.1 Å². The first-order valence-corrected chi connectivity index (χ1v) is 4.84. The molecular weight excluding hydrogens is 226 g/mol. The summed E-state index contributed by atoms with van der Waals surface area (Å²) >= 11 is 0. The van der Waals surface area contributed by atoms with Gasteiger partial charge in [0.15, 0.2) is 0 Å². The van der Waals surface area contributed by atoms with Crippen LogP contribution in [0.4, 0.5) is 11.4 Å². The van der Waals surface area contributed by atoms with E-state index in [0.717, 1.165) is 0 Å². The molecular formula is C10H13N3O4. The van der Waals surface area contributed by atoms with Crippen LogP contribution >= 0.6 is 0 Å². The molecule has 0 bridgehead atoms. The monoisotopic (exact) mass is 239 g/mol. The third-order valence-corrected chi connectivity index (χ3v) is 2.07. The number of hydrogen-bond acceptors (Lipinski definition) is 5. The first-order valence-electron chi connectivity index (χ1n) is 4.84. The molecule has 0 aliphatic carbocycles. The molecule has 1 aromatic rings. The summed E-state index contributed by atoms with van der Waals surface area (Å²) in [5.41, 5.74) is 5.22. The summed E-state index contributed by atoms with van der Waals surface area (Å²) in [7, 11) is 1.40. The number of methoxy groups -OCH3 is 1. The van der Waals surface area contributed by atoms with Gasteiger partial charge in [-0.25, -0.2) is 0 Å². The van der Waals surface area contributed by atoms with Gasteiger partial charge in [-0.1, -0.05) is 0 Å². The normalized spacial score (nSPS) is 11.7. The molecule has 7 nitrogen and oxygen atoms in total. The molecule has 0 aliphatic heterocycles. The Balaban J connectivity index is 3.06. The lowest BCUT2D eigenvalue weighted by atomic mass is 10.2. The van der Waals surface area contributed by atoms with E-state index in [2.05, 4.69) is 5.32 Å². The van der Waals surface area contributed by atoms with Crippen molar-refractivity contribution in [1.29, 1.82) is 0 Å². The van der Waals surface area contributed by atoms with Crippen LogP contribution in [0.1, 0.15) is 6.92 Å². The summed E-state index contributed by atoms with van der Waals surface area (Å²) in [6, 6.07) is 3.41. The second-order valence-corrected chi connectivity index (χ2v) is 3.42. The highest BCUT2D eigenvalue weighted by Crippen LogP contribution is 2.28. The Morgan fingerprint density at radius 3 is 2.71 bits per heavy atom. The lowest BCUT2D eigenvalue weighted by Crippen LogP contribution is -2.32. The predicted octanol–water partition coefficient (Wildman–Crippen LogP) is 0.889. The van der Waals surface area contributed by atoms with E-state index in [1.54, 1.807) is 0 Å². The van der Waals surface area contributed by atoms with Crippen LogP contribution in [0.25, 0.3) is 0 Å². The first-order chi connectivity index (χ1) is 7.95. The second-order valence-electron chi connectivity index (χ2n) is 3.42. The van der Waals surface area contributed by atoms with Gasteiger partial charge in [0.2, 0.25) is 5.91 Å².